The highest BCUT2D eigenvalue weighted by Crippen LogP contribution is 2.09. The van der Waals surface area contributed by atoms with Crippen LogP contribution in [0.2, 0.25) is 0 Å². The standard InChI is InChI=1S/C9H12N2O3/c1-3-5-11-8(13)6(4-2)7(12)10-9(11)14/h3,13H,1,4-5H2,2H3,(H,10,12,14). The van der Waals surface area contributed by atoms with Crippen LogP contribution >= 0.6 is 0 Å². The number of hydrogen-bond donors (Lipinski definition) is 2. The molecule has 5 nitrogen and oxygen atoms in total. The zero-order valence-corrected chi connectivity index (χ0v) is 7.91. The number of H-pyrrole nitrogens is 1. The van der Waals surface area contributed by atoms with Crippen LogP contribution in [-0.2, 0) is 13.0 Å². The molecule has 0 fully saturated rings. The summed E-state index contributed by atoms with van der Waals surface area (Å²) in [7, 11) is 0. The molecular weight excluding hydrogens is 184 g/mol. The lowest BCUT2D eigenvalue weighted by Crippen LogP contribution is -2.31. The number of hydrogen-bond acceptors (Lipinski definition) is 3. The minimum absolute atomic E-state index is 0.175. The van der Waals surface area contributed by atoms with Crippen molar-refractivity contribution in [2.45, 2.75) is 19.9 Å². The van der Waals surface area contributed by atoms with E-state index in [9.17, 15) is 14.7 Å². The molecule has 0 aliphatic carbocycles. The summed E-state index contributed by atoms with van der Waals surface area (Å²) in [6.45, 7) is 5.36. The molecule has 0 saturated heterocycles. The van der Waals surface area contributed by atoms with Gasteiger partial charge in [-0.15, -0.1) is 6.58 Å². The zero-order chi connectivity index (χ0) is 10.7. The Labute approximate surface area is 80.3 Å². The first-order valence-electron chi connectivity index (χ1n) is 4.27. The maximum Gasteiger partial charge on any atom is 0.331 e. The van der Waals surface area contributed by atoms with Crippen LogP contribution in [0.4, 0.5) is 0 Å². The first-order valence-corrected chi connectivity index (χ1v) is 4.27. The Hall–Kier alpha value is -1.78. The van der Waals surface area contributed by atoms with Gasteiger partial charge in [0, 0.05) is 6.54 Å². The molecule has 0 aromatic carbocycles. The van der Waals surface area contributed by atoms with Crippen LogP contribution in [-0.4, -0.2) is 14.7 Å². The van der Waals surface area contributed by atoms with Crippen LogP contribution in [0.5, 0.6) is 5.88 Å². The van der Waals surface area contributed by atoms with Crippen molar-refractivity contribution in [3.05, 3.63) is 39.1 Å². The molecule has 0 unspecified atom stereocenters. The smallest absolute Gasteiger partial charge is 0.331 e. The fraction of sp³-hybridized carbons (Fsp3) is 0.333. The molecule has 0 aliphatic rings. The Morgan fingerprint density at radius 1 is 1.57 bits per heavy atom. The van der Waals surface area contributed by atoms with E-state index in [1.165, 1.54) is 6.08 Å². The fourth-order valence-electron chi connectivity index (χ4n) is 1.22. The average Bonchev–Trinajstić information content (AvgIpc) is 2.12. The number of nitrogens with zero attached hydrogens (tertiary/aromatic N) is 1. The minimum Gasteiger partial charge on any atom is -0.494 e. The topological polar surface area (TPSA) is 75.1 Å². The largest absolute Gasteiger partial charge is 0.494 e. The van der Waals surface area contributed by atoms with Gasteiger partial charge in [-0.3, -0.25) is 14.3 Å². The lowest BCUT2D eigenvalue weighted by Gasteiger charge is -2.07. The number of aromatic amines is 1. The maximum absolute atomic E-state index is 11.2. The normalized spacial score (nSPS) is 10.1. The Bertz CT molecular complexity index is 456. The third-order valence-corrected chi connectivity index (χ3v) is 1.93. The average molecular weight is 196 g/mol. The Morgan fingerprint density at radius 3 is 2.71 bits per heavy atom. The summed E-state index contributed by atoms with van der Waals surface area (Å²) in [5.41, 5.74) is -0.939. The number of aromatic nitrogens is 2. The Balaban J connectivity index is 3.51. The molecule has 76 valence electrons. The third-order valence-electron chi connectivity index (χ3n) is 1.93. The van der Waals surface area contributed by atoms with Crippen molar-refractivity contribution in [1.82, 2.24) is 9.55 Å². The van der Waals surface area contributed by atoms with E-state index in [2.05, 4.69) is 11.6 Å². The summed E-state index contributed by atoms with van der Waals surface area (Å²) in [6, 6.07) is 0. The molecule has 0 radical (unpaired) electrons. The van der Waals surface area contributed by atoms with E-state index in [1.54, 1.807) is 6.92 Å². The van der Waals surface area contributed by atoms with E-state index >= 15 is 0 Å². The lowest BCUT2D eigenvalue weighted by atomic mass is 10.2. The van der Waals surface area contributed by atoms with Crippen molar-refractivity contribution in [2.24, 2.45) is 0 Å². The van der Waals surface area contributed by atoms with Crippen molar-refractivity contribution in [3.8, 4) is 5.88 Å². The Morgan fingerprint density at radius 2 is 2.21 bits per heavy atom. The molecule has 0 spiro atoms. The van der Waals surface area contributed by atoms with E-state index < -0.39 is 11.2 Å². The summed E-state index contributed by atoms with van der Waals surface area (Å²) < 4.78 is 1.06. The Kier molecular flexibility index (Phi) is 2.91. The summed E-state index contributed by atoms with van der Waals surface area (Å²) in [5.74, 6) is -0.277. The zero-order valence-electron chi connectivity index (χ0n) is 7.91. The molecule has 14 heavy (non-hydrogen) atoms. The van der Waals surface area contributed by atoms with Gasteiger partial charge in [0.1, 0.15) is 0 Å². The van der Waals surface area contributed by atoms with E-state index in [-0.39, 0.29) is 18.0 Å². The van der Waals surface area contributed by atoms with Gasteiger partial charge in [-0.05, 0) is 6.42 Å². The van der Waals surface area contributed by atoms with Crippen LogP contribution in [0.3, 0.4) is 0 Å². The number of rotatable bonds is 3. The number of aromatic hydroxyl groups is 1. The molecule has 1 heterocycles. The minimum atomic E-state index is -0.621. The van der Waals surface area contributed by atoms with Crippen LogP contribution in [0.1, 0.15) is 12.5 Å². The molecule has 1 rings (SSSR count). The second-order valence-corrected chi connectivity index (χ2v) is 2.81. The first-order chi connectivity index (χ1) is 6.61. The molecule has 5 heteroatoms. The third kappa shape index (κ3) is 1.61. The summed E-state index contributed by atoms with van der Waals surface area (Å²) in [6.07, 6.45) is 1.84. The molecule has 0 atom stereocenters. The van der Waals surface area contributed by atoms with Crippen molar-refractivity contribution in [2.75, 3.05) is 0 Å². The van der Waals surface area contributed by atoms with Crippen LogP contribution in [0, 0.1) is 0 Å². The van der Waals surface area contributed by atoms with E-state index in [0.29, 0.717) is 6.42 Å². The molecule has 1 aromatic rings. The van der Waals surface area contributed by atoms with Crippen molar-refractivity contribution >= 4 is 0 Å². The van der Waals surface area contributed by atoms with E-state index in [0.717, 1.165) is 4.57 Å². The van der Waals surface area contributed by atoms with Gasteiger partial charge >= 0.3 is 5.69 Å². The lowest BCUT2D eigenvalue weighted by molar-refractivity contribution is 0.403. The predicted octanol–water partition coefficient (Wildman–Crippen LogP) is -0.00940. The van der Waals surface area contributed by atoms with Gasteiger partial charge < -0.3 is 5.11 Å². The summed E-state index contributed by atoms with van der Waals surface area (Å²) in [5, 5.41) is 9.58. The molecule has 2 N–H and O–H groups in total. The molecule has 0 bridgehead atoms. The quantitative estimate of drug-likeness (QED) is 0.668. The summed E-state index contributed by atoms with van der Waals surface area (Å²) >= 11 is 0. The van der Waals surface area contributed by atoms with Gasteiger partial charge in [0.05, 0.1) is 5.56 Å². The predicted molar refractivity (Wildman–Crippen MR) is 52.6 cm³/mol. The highest BCUT2D eigenvalue weighted by atomic mass is 16.3. The van der Waals surface area contributed by atoms with Gasteiger partial charge in [0.2, 0.25) is 5.88 Å². The highest BCUT2D eigenvalue weighted by molar-refractivity contribution is 5.22. The van der Waals surface area contributed by atoms with Crippen LogP contribution in [0.25, 0.3) is 0 Å². The molecule has 1 aromatic heterocycles. The first kappa shape index (κ1) is 10.3. The van der Waals surface area contributed by atoms with E-state index in [1.807, 2.05) is 0 Å². The number of nitrogens with one attached hydrogen (secondary N) is 1. The SMILES string of the molecule is C=CCn1c(O)c(CC)c(=O)[nH]c1=O. The van der Waals surface area contributed by atoms with Crippen LogP contribution < -0.4 is 11.2 Å². The van der Waals surface area contributed by atoms with Crippen molar-refractivity contribution in [3.63, 3.8) is 0 Å². The van der Waals surface area contributed by atoms with Gasteiger partial charge in [0.15, 0.2) is 0 Å². The second kappa shape index (κ2) is 3.95. The summed E-state index contributed by atoms with van der Waals surface area (Å²) in [4.78, 5) is 24.5. The second-order valence-electron chi connectivity index (χ2n) is 2.81. The van der Waals surface area contributed by atoms with Crippen LogP contribution in [0.15, 0.2) is 22.2 Å². The fourth-order valence-corrected chi connectivity index (χ4v) is 1.22. The van der Waals surface area contributed by atoms with Crippen molar-refractivity contribution < 1.29 is 5.11 Å². The highest BCUT2D eigenvalue weighted by Gasteiger charge is 2.10. The van der Waals surface area contributed by atoms with Gasteiger partial charge in [0.25, 0.3) is 5.56 Å². The van der Waals surface area contributed by atoms with E-state index in [4.69, 9.17) is 0 Å². The molecule has 0 amide bonds. The maximum atomic E-state index is 11.2. The number of allylic oxidation sites excluding steroid dienone is 1. The van der Waals surface area contributed by atoms with Gasteiger partial charge in [-0.25, -0.2) is 4.79 Å². The van der Waals surface area contributed by atoms with Gasteiger partial charge in [-0.1, -0.05) is 13.0 Å². The molecular formula is C9H12N2O3. The molecule has 0 saturated carbocycles. The van der Waals surface area contributed by atoms with Crippen molar-refractivity contribution in [1.29, 1.82) is 0 Å². The monoisotopic (exact) mass is 196 g/mol. The van der Waals surface area contributed by atoms with Gasteiger partial charge in [-0.2, -0.15) is 0 Å². The molecule has 0 aliphatic heterocycles.